The average molecular weight is 282 g/mol. The average Bonchev–Trinajstić information content (AvgIpc) is 2.85. The first kappa shape index (κ1) is 15.3. The van der Waals surface area contributed by atoms with Gasteiger partial charge in [-0.05, 0) is 25.2 Å². The number of rotatable bonds is 5. The first-order valence-electron chi connectivity index (χ1n) is 7.62. The van der Waals surface area contributed by atoms with Crippen molar-refractivity contribution >= 4 is 11.8 Å². The van der Waals surface area contributed by atoms with E-state index in [1.165, 1.54) is 0 Å². The number of hydrogen-bond acceptors (Lipinski definition) is 3. The standard InChI is InChI=1S/C15H26N2O3/c1-11(2)10-12-13(18)16-15(6-4-5-7-15)14(19)17(12)8-9-20-3/h11-12H,4-10H2,1-3H3,(H,16,18). The zero-order chi connectivity index (χ0) is 14.8. The molecular weight excluding hydrogens is 256 g/mol. The van der Waals surface area contributed by atoms with Crippen LogP contribution in [-0.4, -0.2) is 48.6 Å². The lowest BCUT2D eigenvalue weighted by molar-refractivity contribution is -0.156. The SMILES string of the molecule is COCCN1C(=O)C2(CCCC2)NC(=O)C1CC(C)C. The van der Waals surface area contributed by atoms with Crippen molar-refractivity contribution in [3.63, 3.8) is 0 Å². The first-order chi connectivity index (χ1) is 9.50. The molecule has 2 fully saturated rings. The van der Waals surface area contributed by atoms with Gasteiger partial charge in [-0.1, -0.05) is 26.7 Å². The van der Waals surface area contributed by atoms with E-state index in [4.69, 9.17) is 4.74 Å². The van der Waals surface area contributed by atoms with Gasteiger partial charge in [-0.3, -0.25) is 9.59 Å². The smallest absolute Gasteiger partial charge is 0.249 e. The highest BCUT2D eigenvalue weighted by atomic mass is 16.5. The fourth-order valence-corrected chi connectivity index (χ4v) is 3.38. The number of carbonyl (C=O) groups is 2. The lowest BCUT2D eigenvalue weighted by atomic mass is 9.88. The molecule has 0 aromatic rings. The number of amides is 2. The lowest BCUT2D eigenvalue weighted by Gasteiger charge is -2.45. The van der Waals surface area contributed by atoms with Crippen molar-refractivity contribution in [3.05, 3.63) is 0 Å². The largest absolute Gasteiger partial charge is 0.383 e. The van der Waals surface area contributed by atoms with Crippen LogP contribution in [0.1, 0.15) is 46.0 Å². The van der Waals surface area contributed by atoms with Gasteiger partial charge in [-0.2, -0.15) is 0 Å². The van der Waals surface area contributed by atoms with E-state index in [2.05, 4.69) is 19.2 Å². The third-order valence-electron chi connectivity index (χ3n) is 4.40. The van der Waals surface area contributed by atoms with Gasteiger partial charge in [0.2, 0.25) is 11.8 Å². The molecule has 2 rings (SSSR count). The number of piperazine rings is 1. The number of carbonyl (C=O) groups excluding carboxylic acids is 2. The summed E-state index contributed by atoms with van der Waals surface area (Å²) in [5.74, 6) is 0.481. The second-order valence-corrected chi connectivity index (χ2v) is 6.42. The van der Waals surface area contributed by atoms with Crippen molar-refractivity contribution < 1.29 is 14.3 Å². The molecule has 0 aromatic heterocycles. The Hall–Kier alpha value is -1.10. The van der Waals surface area contributed by atoms with Gasteiger partial charge in [0.15, 0.2) is 0 Å². The van der Waals surface area contributed by atoms with Crippen molar-refractivity contribution in [2.24, 2.45) is 5.92 Å². The summed E-state index contributed by atoms with van der Waals surface area (Å²) in [5.41, 5.74) is -0.627. The topological polar surface area (TPSA) is 58.6 Å². The Morgan fingerprint density at radius 1 is 1.35 bits per heavy atom. The van der Waals surface area contributed by atoms with Crippen molar-refractivity contribution in [1.29, 1.82) is 0 Å². The molecule has 2 amide bonds. The zero-order valence-corrected chi connectivity index (χ0v) is 12.8. The van der Waals surface area contributed by atoms with Crippen LogP contribution in [0, 0.1) is 5.92 Å². The highest BCUT2D eigenvalue weighted by Gasteiger charge is 2.51. The van der Waals surface area contributed by atoms with Gasteiger partial charge in [0.1, 0.15) is 11.6 Å². The molecule has 0 aromatic carbocycles. The van der Waals surface area contributed by atoms with Crippen molar-refractivity contribution in [2.45, 2.75) is 57.5 Å². The van der Waals surface area contributed by atoms with E-state index in [0.717, 1.165) is 25.7 Å². The maximum absolute atomic E-state index is 12.8. The first-order valence-corrected chi connectivity index (χ1v) is 7.62. The Kier molecular flexibility index (Phi) is 4.68. The molecule has 20 heavy (non-hydrogen) atoms. The zero-order valence-electron chi connectivity index (χ0n) is 12.8. The molecule has 5 heteroatoms. The molecule has 0 radical (unpaired) electrons. The molecule has 1 unspecified atom stereocenters. The summed E-state index contributed by atoms with van der Waals surface area (Å²) in [5, 5.41) is 3.03. The third kappa shape index (κ3) is 2.82. The molecule has 0 bridgehead atoms. The molecule has 1 saturated heterocycles. The maximum atomic E-state index is 12.8. The van der Waals surface area contributed by atoms with Crippen LogP contribution >= 0.6 is 0 Å². The predicted octanol–water partition coefficient (Wildman–Crippen LogP) is 1.32. The highest BCUT2D eigenvalue weighted by molar-refractivity contribution is 6.00. The van der Waals surface area contributed by atoms with Crippen LogP contribution < -0.4 is 5.32 Å². The summed E-state index contributed by atoms with van der Waals surface area (Å²) in [6, 6.07) is -0.344. The molecule has 2 aliphatic rings. The monoisotopic (exact) mass is 282 g/mol. The summed E-state index contributed by atoms with van der Waals surface area (Å²) in [6.07, 6.45) is 4.28. The third-order valence-corrected chi connectivity index (χ3v) is 4.40. The minimum atomic E-state index is -0.627. The van der Waals surface area contributed by atoms with E-state index < -0.39 is 5.54 Å². The van der Waals surface area contributed by atoms with E-state index in [1.807, 2.05) is 0 Å². The van der Waals surface area contributed by atoms with Gasteiger partial charge in [0.05, 0.1) is 6.61 Å². The Labute approximate surface area is 121 Å². The van der Waals surface area contributed by atoms with Crippen molar-refractivity contribution in [2.75, 3.05) is 20.3 Å². The van der Waals surface area contributed by atoms with Gasteiger partial charge in [0.25, 0.3) is 0 Å². The number of hydrogen-bond donors (Lipinski definition) is 1. The number of ether oxygens (including phenoxy) is 1. The second kappa shape index (κ2) is 6.12. The van der Waals surface area contributed by atoms with Crippen LogP contribution in [0.15, 0.2) is 0 Å². The summed E-state index contributed by atoms with van der Waals surface area (Å²) in [6.45, 7) is 5.13. The minimum Gasteiger partial charge on any atom is -0.383 e. The molecule has 1 aliphatic heterocycles. The molecule has 1 atom stereocenters. The van der Waals surface area contributed by atoms with Gasteiger partial charge >= 0.3 is 0 Å². The van der Waals surface area contributed by atoms with Crippen LogP contribution in [0.4, 0.5) is 0 Å². The second-order valence-electron chi connectivity index (χ2n) is 6.42. The van der Waals surface area contributed by atoms with E-state index in [1.54, 1.807) is 12.0 Å². The molecular formula is C15H26N2O3. The van der Waals surface area contributed by atoms with Crippen LogP contribution in [0.2, 0.25) is 0 Å². The van der Waals surface area contributed by atoms with Crippen molar-refractivity contribution in [3.8, 4) is 0 Å². The molecule has 1 spiro atoms. The summed E-state index contributed by atoms with van der Waals surface area (Å²) in [4.78, 5) is 27.1. The van der Waals surface area contributed by atoms with Crippen LogP contribution in [0.3, 0.4) is 0 Å². The normalized spacial score (nSPS) is 25.6. The Balaban J connectivity index is 2.21. The fourth-order valence-electron chi connectivity index (χ4n) is 3.38. The number of nitrogens with zero attached hydrogens (tertiary/aromatic N) is 1. The Morgan fingerprint density at radius 2 is 2.00 bits per heavy atom. The van der Waals surface area contributed by atoms with Gasteiger partial charge in [-0.25, -0.2) is 0 Å². The molecule has 1 aliphatic carbocycles. The van der Waals surface area contributed by atoms with E-state index in [-0.39, 0.29) is 17.9 Å². The lowest BCUT2D eigenvalue weighted by Crippen LogP contribution is -2.69. The van der Waals surface area contributed by atoms with Gasteiger partial charge in [0, 0.05) is 13.7 Å². The number of nitrogens with one attached hydrogen (secondary N) is 1. The van der Waals surface area contributed by atoms with Crippen LogP contribution in [0.5, 0.6) is 0 Å². The quantitative estimate of drug-likeness (QED) is 0.827. The summed E-state index contributed by atoms with van der Waals surface area (Å²) >= 11 is 0. The Bertz CT molecular complexity index is 375. The maximum Gasteiger partial charge on any atom is 0.249 e. The predicted molar refractivity (Wildman–Crippen MR) is 76.2 cm³/mol. The summed E-state index contributed by atoms with van der Waals surface area (Å²) in [7, 11) is 1.62. The van der Waals surface area contributed by atoms with Gasteiger partial charge < -0.3 is 15.0 Å². The minimum absolute atomic E-state index is 0.0105. The van der Waals surface area contributed by atoms with E-state index in [9.17, 15) is 9.59 Å². The van der Waals surface area contributed by atoms with E-state index >= 15 is 0 Å². The highest BCUT2D eigenvalue weighted by Crippen LogP contribution is 2.35. The van der Waals surface area contributed by atoms with Gasteiger partial charge in [-0.15, -0.1) is 0 Å². The van der Waals surface area contributed by atoms with Crippen molar-refractivity contribution in [1.82, 2.24) is 10.2 Å². The fraction of sp³-hybridized carbons (Fsp3) is 0.867. The number of methoxy groups -OCH3 is 1. The molecule has 1 saturated carbocycles. The Morgan fingerprint density at radius 3 is 2.55 bits per heavy atom. The summed E-state index contributed by atoms with van der Waals surface area (Å²) < 4.78 is 5.11. The molecule has 114 valence electrons. The molecule has 5 nitrogen and oxygen atoms in total. The van der Waals surface area contributed by atoms with E-state index in [0.29, 0.717) is 25.5 Å². The van der Waals surface area contributed by atoms with Crippen LogP contribution in [-0.2, 0) is 14.3 Å². The van der Waals surface area contributed by atoms with Crippen LogP contribution in [0.25, 0.3) is 0 Å². The molecule has 1 heterocycles. The molecule has 1 N–H and O–H groups in total.